The van der Waals surface area contributed by atoms with Crippen molar-refractivity contribution in [1.29, 1.82) is 0 Å². The Kier molecular flexibility index (Phi) is 6.18. The molecule has 0 aliphatic carbocycles. The first-order chi connectivity index (χ1) is 12.1. The molecule has 2 fully saturated rings. The van der Waals surface area contributed by atoms with Crippen molar-refractivity contribution < 1.29 is 9.59 Å². The third kappa shape index (κ3) is 4.87. The zero-order chi connectivity index (χ0) is 17.6. The average Bonchev–Trinajstić information content (AvgIpc) is 3.17. The molecule has 25 heavy (non-hydrogen) atoms. The summed E-state index contributed by atoms with van der Waals surface area (Å²) in [5.74, 6) is 0.0416. The molecule has 0 spiro atoms. The molecular weight excluding hydrogens is 336 g/mol. The summed E-state index contributed by atoms with van der Waals surface area (Å²) in [4.78, 5) is 32.9. The smallest absolute Gasteiger partial charge is 0.319 e. The van der Waals surface area contributed by atoms with E-state index in [-0.39, 0.29) is 23.2 Å². The van der Waals surface area contributed by atoms with Gasteiger partial charge in [0.1, 0.15) is 0 Å². The summed E-state index contributed by atoms with van der Waals surface area (Å²) in [6.45, 7) is 5.13. The van der Waals surface area contributed by atoms with Gasteiger partial charge in [-0.1, -0.05) is 17.8 Å². The molecule has 1 aromatic rings. The van der Waals surface area contributed by atoms with Gasteiger partial charge in [-0.15, -0.1) is 0 Å². The second-order valence-electron chi connectivity index (χ2n) is 6.67. The van der Waals surface area contributed by atoms with Crippen molar-refractivity contribution in [3.05, 3.63) is 24.4 Å². The molecule has 2 aliphatic rings. The number of likely N-dealkylation sites (tertiary alicyclic amines) is 2. The molecule has 3 heterocycles. The van der Waals surface area contributed by atoms with Crippen molar-refractivity contribution in [2.24, 2.45) is 0 Å². The van der Waals surface area contributed by atoms with E-state index >= 15 is 0 Å². The molecule has 1 atom stereocenters. The molecule has 0 saturated carbocycles. The number of hydrogen-bond acceptors (Lipinski definition) is 4. The van der Waals surface area contributed by atoms with E-state index in [1.165, 1.54) is 11.8 Å². The van der Waals surface area contributed by atoms with Crippen molar-refractivity contribution in [1.82, 2.24) is 20.1 Å². The summed E-state index contributed by atoms with van der Waals surface area (Å²) >= 11 is 1.47. The van der Waals surface area contributed by atoms with Crippen LogP contribution < -0.4 is 5.32 Å². The fourth-order valence-corrected chi connectivity index (χ4v) is 4.11. The van der Waals surface area contributed by atoms with E-state index in [2.05, 4.69) is 10.3 Å². The van der Waals surface area contributed by atoms with Gasteiger partial charge >= 0.3 is 6.03 Å². The zero-order valence-electron chi connectivity index (χ0n) is 14.7. The molecule has 1 N–H and O–H groups in total. The van der Waals surface area contributed by atoms with Crippen LogP contribution in [-0.2, 0) is 4.79 Å². The molecular formula is C18H26N4O2S. The normalized spacial score (nSPS) is 19.7. The molecule has 2 aliphatic heterocycles. The summed E-state index contributed by atoms with van der Waals surface area (Å²) in [6.07, 6.45) is 5.62. The number of nitrogens with one attached hydrogen (secondary N) is 1. The minimum atomic E-state index is -0.181. The second kappa shape index (κ2) is 8.56. The highest BCUT2D eigenvalue weighted by atomic mass is 32.2. The lowest BCUT2D eigenvalue weighted by Gasteiger charge is -2.35. The molecule has 136 valence electrons. The van der Waals surface area contributed by atoms with Crippen LogP contribution in [0.4, 0.5) is 4.79 Å². The maximum absolute atomic E-state index is 12.4. The van der Waals surface area contributed by atoms with Crippen LogP contribution in [0.15, 0.2) is 29.4 Å². The van der Waals surface area contributed by atoms with Crippen LogP contribution in [0, 0.1) is 0 Å². The lowest BCUT2D eigenvalue weighted by molar-refractivity contribution is -0.121. The molecule has 3 rings (SSSR count). The number of carbonyl (C=O) groups is 2. The predicted octanol–water partition coefficient (Wildman–Crippen LogP) is 2.36. The number of carbonyl (C=O) groups excluding carboxylic acids is 2. The number of thioether (sulfide) groups is 1. The third-order valence-corrected chi connectivity index (χ3v) is 5.84. The number of aromatic nitrogens is 1. The Balaban J connectivity index is 1.42. The van der Waals surface area contributed by atoms with E-state index in [0.29, 0.717) is 0 Å². The van der Waals surface area contributed by atoms with Gasteiger partial charge in [0.25, 0.3) is 0 Å². The molecule has 0 bridgehead atoms. The number of piperidine rings is 1. The maximum Gasteiger partial charge on any atom is 0.319 e. The van der Waals surface area contributed by atoms with Gasteiger partial charge in [-0.2, -0.15) is 0 Å². The number of urea groups is 1. The summed E-state index contributed by atoms with van der Waals surface area (Å²) in [6, 6.07) is 6.03. The third-order valence-electron chi connectivity index (χ3n) is 4.79. The minimum Gasteiger partial charge on any atom is -0.352 e. The molecule has 3 amide bonds. The van der Waals surface area contributed by atoms with Crippen molar-refractivity contribution >= 4 is 23.7 Å². The highest BCUT2D eigenvalue weighted by Crippen LogP contribution is 2.21. The summed E-state index contributed by atoms with van der Waals surface area (Å²) in [7, 11) is 0. The molecule has 0 aromatic carbocycles. The van der Waals surface area contributed by atoms with Crippen LogP contribution in [0.1, 0.15) is 32.6 Å². The quantitative estimate of drug-likeness (QED) is 0.835. The lowest BCUT2D eigenvalue weighted by Crippen LogP contribution is -2.50. The maximum atomic E-state index is 12.4. The van der Waals surface area contributed by atoms with E-state index in [4.69, 9.17) is 0 Å². The fourth-order valence-electron chi connectivity index (χ4n) is 3.29. The SMILES string of the molecule is C[C@H](Sc1ccccn1)C(=O)NC1CCN(C(=O)N2CCCC2)CC1. The van der Waals surface area contributed by atoms with Crippen LogP contribution in [0.2, 0.25) is 0 Å². The van der Waals surface area contributed by atoms with E-state index in [9.17, 15) is 9.59 Å². The largest absolute Gasteiger partial charge is 0.352 e. The summed E-state index contributed by atoms with van der Waals surface area (Å²) in [5, 5.41) is 3.81. The van der Waals surface area contributed by atoms with Crippen LogP contribution in [-0.4, -0.2) is 64.2 Å². The van der Waals surface area contributed by atoms with Gasteiger partial charge in [0.15, 0.2) is 0 Å². The molecule has 1 aromatic heterocycles. The highest BCUT2D eigenvalue weighted by Gasteiger charge is 2.29. The standard InChI is InChI=1S/C18H26N4O2S/c1-14(25-16-6-2-3-9-19-16)17(23)20-15-7-12-22(13-8-15)18(24)21-10-4-5-11-21/h2-3,6,9,14-15H,4-5,7-8,10-13H2,1H3,(H,20,23)/t14-/m0/s1. The van der Waals surface area contributed by atoms with Crippen LogP contribution in [0.5, 0.6) is 0 Å². The number of rotatable bonds is 4. The van der Waals surface area contributed by atoms with Crippen LogP contribution in [0.25, 0.3) is 0 Å². The van der Waals surface area contributed by atoms with Gasteiger partial charge < -0.3 is 15.1 Å². The molecule has 2 saturated heterocycles. The Labute approximate surface area is 153 Å². The zero-order valence-corrected chi connectivity index (χ0v) is 15.5. The van der Waals surface area contributed by atoms with Crippen LogP contribution >= 0.6 is 11.8 Å². The fraction of sp³-hybridized carbons (Fsp3) is 0.611. The number of amides is 3. The average molecular weight is 362 g/mol. The lowest BCUT2D eigenvalue weighted by atomic mass is 10.1. The monoisotopic (exact) mass is 362 g/mol. The Morgan fingerprint density at radius 1 is 1.16 bits per heavy atom. The molecule has 0 unspecified atom stereocenters. The van der Waals surface area contributed by atoms with Gasteiger partial charge in [0.05, 0.1) is 10.3 Å². The Morgan fingerprint density at radius 3 is 2.48 bits per heavy atom. The first-order valence-electron chi connectivity index (χ1n) is 9.05. The van der Waals surface area contributed by atoms with E-state index < -0.39 is 0 Å². The minimum absolute atomic E-state index is 0.0416. The van der Waals surface area contributed by atoms with Gasteiger partial charge in [-0.25, -0.2) is 9.78 Å². The van der Waals surface area contributed by atoms with Crippen molar-refractivity contribution in [3.63, 3.8) is 0 Å². The van der Waals surface area contributed by atoms with Crippen molar-refractivity contribution in [2.75, 3.05) is 26.2 Å². The summed E-state index contributed by atoms with van der Waals surface area (Å²) in [5.41, 5.74) is 0. The van der Waals surface area contributed by atoms with E-state index in [0.717, 1.165) is 56.9 Å². The van der Waals surface area contributed by atoms with E-state index in [1.54, 1.807) is 6.20 Å². The Hall–Kier alpha value is -1.76. The molecule has 7 heteroatoms. The van der Waals surface area contributed by atoms with Crippen molar-refractivity contribution in [2.45, 2.75) is 48.9 Å². The predicted molar refractivity (Wildman–Crippen MR) is 98.5 cm³/mol. The second-order valence-corrected chi connectivity index (χ2v) is 8.04. The molecule has 6 nitrogen and oxygen atoms in total. The van der Waals surface area contributed by atoms with Crippen LogP contribution in [0.3, 0.4) is 0 Å². The number of nitrogens with zero attached hydrogens (tertiary/aromatic N) is 3. The van der Waals surface area contributed by atoms with E-state index in [1.807, 2.05) is 34.9 Å². The van der Waals surface area contributed by atoms with Gasteiger partial charge in [0, 0.05) is 38.4 Å². The number of pyridine rings is 1. The molecule has 0 radical (unpaired) electrons. The Bertz CT molecular complexity index is 584. The van der Waals surface area contributed by atoms with Gasteiger partial charge in [0.2, 0.25) is 5.91 Å². The first-order valence-corrected chi connectivity index (χ1v) is 9.93. The topological polar surface area (TPSA) is 65.5 Å². The summed E-state index contributed by atoms with van der Waals surface area (Å²) < 4.78 is 0. The first kappa shape index (κ1) is 18.0. The van der Waals surface area contributed by atoms with Gasteiger partial charge in [-0.05, 0) is 44.7 Å². The number of hydrogen-bond donors (Lipinski definition) is 1. The van der Waals surface area contributed by atoms with Crippen molar-refractivity contribution in [3.8, 4) is 0 Å². The highest BCUT2D eigenvalue weighted by molar-refractivity contribution is 8.00. The van der Waals surface area contributed by atoms with Gasteiger partial charge in [-0.3, -0.25) is 4.79 Å². The Morgan fingerprint density at radius 2 is 1.84 bits per heavy atom.